The average Bonchev–Trinajstić information content (AvgIpc) is 3.14. The first kappa shape index (κ1) is 18.9. The Labute approximate surface area is 167 Å². The lowest BCUT2D eigenvalue weighted by molar-refractivity contribution is -0.121. The summed E-state index contributed by atoms with van der Waals surface area (Å²) >= 11 is 1.56. The Bertz CT molecular complexity index is 982. The molecule has 1 amide bonds. The molecular weight excluding hydrogens is 374 g/mol. The minimum absolute atomic E-state index is 0.0110. The highest BCUT2D eigenvalue weighted by molar-refractivity contribution is 7.14. The minimum atomic E-state index is -0.0110. The van der Waals surface area contributed by atoms with Gasteiger partial charge in [0.15, 0.2) is 0 Å². The number of nitrogens with one attached hydrogen (secondary N) is 1. The molecule has 0 spiro atoms. The molecule has 0 atom stereocenters. The molecule has 28 heavy (non-hydrogen) atoms. The van der Waals surface area contributed by atoms with Gasteiger partial charge in [-0.05, 0) is 50.4 Å². The van der Waals surface area contributed by atoms with E-state index in [9.17, 15) is 4.79 Å². The molecular formula is C20H23N5O2S. The first-order valence-electron chi connectivity index (χ1n) is 9.47. The van der Waals surface area contributed by atoms with Gasteiger partial charge in [0, 0.05) is 29.6 Å². The minimum Gasteiger partial charge on any atom is -0.395 e. The number of benzene rings is 1. The summed E-state index contributed by atoms with van der Waals surface area (Å²) in [5.41, 5.74) is 1.01. The highest BCUT2D eigenvalue weighted by Crippen LogP contribution is 2.28. The van der Waals surface area contributed by atoms with Gasteiger partial charge in [0.2, 0.25) is 5.91 Å². The first-order valence-corrected chi connectivity index (χ1v) is 10.3. The molecule has 0 aliphatic carbocycles. The maximum atomic E-state index is 12.6. The van der Waals surface area contributed by atoms with Crippen molar-refractivity contribution in [2.45, 2.75) is 19.8 Å². The van der Waals surface area contributed by atoms with E-state index in [2.05, 4.69) is 31.5 Å². The van der Waals surface area contributed by atoms with Gasteiger partial charge in [0.05, 0.1) is 6.61 Å². The molecule has 1 fully saturated rings. The van der Waals surface area contributed by atoms with E-state index in [0.29, 0.717) is 12.4 Å². The van der Waals surface area contributed by atoms with Crippen molar-refractivity contribution in [3.05, 3.63) is 35.5 Å². The largest absolute Gasteiger partial charge is 0.395 e. The van der Waals surface area contributed by atoms with Crippen LogP contribution in [0.2, 0.25) is 0 Å². The van der Waals surface area contributed by atoms with Crippen LogP contribution < -0.4 is 5.32 Å². The number of hydrogen-bond donors (Lipinski definition) is 2. The molecule has 0 saturated carbocycles. The number of nitrogens with zero attached hydrogens (tertiary/aromatic N) is 4. The molecule has 0 radical (unpaired) electrons. The van der Waals surface area contributed by atoms with Gasteiger partial charge in [-0.2, -0.15) is 0 Å². The Morgan fingerprint density at radius 2 is 2.07 bits per heavy atom. The monoisotopic (exact) mass is 397 g/mol. The van der Waals surface area contributed by atoms with Crippen LogP contribution in [0.1, 0.15) is 17.8 Å². The lowest BCUT2D eigenvalue weighted by Gasteiger charge is -2.30. The van der Waals surface area contributed by atoms with Crippen LogP contribution in [0.15, 0.2) is 30.5 Å². The van der Waals surface area contributed by atoms with Crippen molar-refractivity contribution in [3.8, 4) is 10.6 Å². The molecule has 0 bridgehead atoms. The molecule has 1 aliphatic rings. The van der Waals surface area contributed by atoms with Crippen molar-refractivity contribution in [1.29, 1.82) is 0 Å². The van der Waals surface area contributed by atoms with Crippen LogP contribution in [-0.2, 0) is 4.79 Å². The predicted molar refractivity (Wildman–Crippen MR) is 110 cm³/mol. The maximum Gasteiger partial charge on any atom is 0.228 e. The van der Waals surface area contributed by atoms with E-state index in [-0.39, 0.29) is 18.4 Å². The Kier molecular flexibility index (Phi) is 5.61. The molecule has 146 valence electrons. The first-order chi connectivity index (χ1) is 13.6. The Hall–Kier alpha value is -2.42. The smallest absolute Gasteiger partial charge is 0.228 e. The zero-order chi connectivity index (χ0) is 19.5. The molecule has 3 aromatic rings. The van der Waals surface area contributed by atoms with Gasteiger partial charge >= 0.3 is 0 Å². The highest BCUT2D eigenvalue weighted by Gasteiger charge is 2.25. The van der Waals surface area contributed by atoms with Crippen LogP contribution in [0.4, 0.5) is 5.82 Å². The van der Waals surface area contributed by atoms with Crippen LogP contribution in [0.3, 0.4) is 0 Å². The van der Waals surface area contributed by atoms with Gasteiger partial charge in [-0.25, -0.2) is 4.98 Å². The summed E-state index contributed by atoms with van der Waals surface area (Å²) in [6.07, 6.45) is 3.39. The summed E-state index contributed by atoms with van der Waals surface area (Å²) < 4.78 is 0. The van der Waals surface area contributed by atoms with E-state index in [1.54, 1.807) is 17.5 Å². The second-order valence-corrected chi connectivity index (χ2v) is 8.27. The lowest BCUT2D eigenvalue weighted by atomic mass is 9.96. The number of aliphatic hydroxyl groups excluding tert-OH is 1. The summed E-state index contributed by atoms with van der Waals surface area (Å²) in [7, 11) is 0. The Morgan fingerprint density at radius 1 is 1.25 bits per heavy atom. The topological polar surface area (TPSA) is 91.2 Å². The van der Waals surface area contributed by atoms with E-state index in [1.165, 1.54) is 0 Å². The fraction of sp³-hybridized carbons (Fsp3) is 0.400. The van der Waals surface area contributed by atoms with Crippen LogP contribution in [0, 0.1) is 12.8 Å². The van der Waals surface area contributed by atoms with Crippen LogP contribution in [0.5, 0.6) is 0 Å². The molecule has 2 aromatic heterocycles. The van der Waals surface area contributed by atoms with Crippen LogP contribution in [0.25, 0.3) is 21.3 Å². The quantitative estimate of drug-likeness (QED) is 0.688. The van der Waals surface area contributed by atoms with Gasteiger partial charge in [0.25, 0.3) is 0 Å². The van der Waals surface area contributed by atoms with Gasteiger partial charge in [-0.15, -0.1) is 10.2 Å². The highest BCUT2D eigenvalue weighted by atomic mass is 32.1. The number of aryl methyl sites for hydroxylation is 1. The molecule has 7 nitrogen and oxygen atoms in total. The number of hydrogen-bond acceptors (Lipinski definition) is 7. The van der Waals surface area contributed by atoms with Crippen LogP contribution >= 0.6 is 11.3 Å². The van der Waals surface area contributed by atoms with Crippen LogP contribution in [-0.4, -0.2) is 57.3 Å². The third-order valence-corrected chi connectivity index (χ3v) is 6.01. The zero-order valence-electron chi connectivity index (χ0n) is 15.8. The van der Waals surface area contributed by atoms with Crippen molar-refractivity contribution in [2.75, 3.05) is 31.6 Å². The summed E-state index contributed by atoms with van der Waals surface area (Å²) in [5, 5.41) is 24.1. The lowest BCUT2D eigenvalue weighted by Crippen LogP contribution is -2.39. The summed E-state index contributed by atoms with van der Waals surface area (Å²) in [5.74, 6) is 0.579. The van der Waals surface area contributed by atoms with E-state index in [0.717, 1.165) is 52.3 Å². The molecule has 4 rings (SSSR count). The van der Waals surface area contributed by atoms with Gasteiger partial charge < -0.3 is 15.3 Å². The fourth-order valence-corrected chi connectivity index (χ4v) is 4.23. The van der Waals surface area contributed by atoms with E-state index < -0.39 is 0 Å². The summed E-state index contributed by atoms with van der Waals surface area (Å²) in [6.45, 7) is 4.46. The molecule has 0 unspecified atom stereocenters. The van der Waals surface area contributed by atoms with Gasteiger partial charge in [-0.3, -0.25) is 4.79 Å². The van der Waals surface area contributed by atoms with E-state index in [1.807, 2.05) is 25.1 Å². The number of aromatic nitrogens is 3. The standard InChI is InChI=1S/C20H23N5O2S/c1-13-23-24-20(28-13)15-2-3-16-12-21-18(11-17(16)10-15)22-19(27)14-4-6-25(7-5-14)8-9-26/h2-3,10-12,14,26H,4-9H2,1H3,(H,21,22,27). The Balaban J connectivity index is 1.47. The molecule has 8 heteroatoms. The number of likely N-dealkylation sites (tertiary alicyclic amines) is 1. The van der Waals surface area contributed by atoms with Crippen molar-refractivity contribution in [2.24, 2.45) is 5.92 Å². The molecule has 1 aromatic carbocycles. The number of anilines is 1. The number of β-amino-alcohol motifs (C(OH)–C–C–N with tert-alkyl or cyclic N) is 1. The molecule has 2 N–H and O–H groups in total. The number of carbonyl (C=O) groups excluding carboxylic acids is 1. The second-order valence-electron chi connectivity index (χ2n) is 7.09. The predicted octanol–water partition coefficient (Wildman–Crippen LogP) is 2.70. The Morgan fingerprint density at radius 3 is 2.79 bits per heavy atom. The number of aliphatic hydroxyl groups is 1. The molecule has 3 heterocycles. The van der Waals surface area contributed by atoms with Crippen molar-refractivity contribution < 1.29 is 9.90 Å². The number of pyridine rings is 1. The molecule has 1 saturated heterocycles. The SMILES string of the molecule is Cc1nnc(-c2ccc3cnc(NC(=O)C4CCN(CCO)CC4)cc3c2)s1. The van der Waals surface area contributed by atoms with Crippen molar-refractivity contribution in [1.82, 2.24) is 20.1 Å². The number of fused-ring (bicyclic) bond motifs is 1. The zero-order valence-corrected chi connectivity index (χ0v) is 16.6. The molecule has 1 aliphatic heterocycles. The maximum absolute atomic E-state index is 12.6. The summed E-state index contributed by atoms with van der Waals surface area (Å²) in [6, 6.07) is 7.99. The van der Waals surface area contributed by atoms with E-state index >= 15 is 0 Å². The van der Waals surface area contributed by atoms with Gasteiger partial charge in [-0.1, -0.05) is 23.5 Å². The summed E-state index contributed by atoms with van der Waals surface area (Å²) in [4.78, 5) is 19.2. The average molecular weight is 398 g/mol. The number of carbonyl (C=O) groups is 1. The van der Waals surface area contributed by atoms with Crippen molar-refractivity contribution in [3.63, 3.8) is 0 Å². The third kappa shape index (κ3) is 4.19. The second kappa shape index (κ2) is 8.30. The normalized spacial score (nSPS) is 15.8. The van der Waals surface area contributed by atoms with E-state index in [4.69, 9.17) is 5.11 Å². The number of piperidine rings is 1. The number of amides is 1. The van der Waals surface area contributed by atoms with Crippen molar-refractivity contribution >= 4 is 33.8 Å². The fourth-order valence-electron chi connectivity index (χ4n) is 3.54. The van der Waals surface area contributed by atoms with Gasteiger partial charge in [0.1, 0.15) is 15.8 Å². The number of rotatable bonds is 5. The third-order valence-electron chi connectivity index (χ3n) is 5.12.